The van der Waals surface area contributed by atoms with Gasteiger partial charge in [0.05, 0.1) is 27.4 Å². The number of anilines is 1. The maximum atomic E-state index is 15.0. The highest BCUT2D eigenvalue weighted by Crippen LogP contribution is 2.31. The van der Waals surface area contributed by atoms with Crippen LogP contribution in [0.25, 0.3) is 17.3 Å². The fourth-order valence-corrected chi connectivity index (χ4v) is 4.22. The molecule has 0 spiro atoms. The minimum atomic E-state index is -1.11. The quantitative estimate of drug-likeness (QED) is 0.252. The number of carbonyl (C=O) groups is 2. The molecular formula is C26H21Cl2FN2O4S. The summed E-state index contributed by atoms with van der Waals surface area (Å²) in [5.41, 5.74) is 1.29. The van der Waals surface area contributed by atoms with Crippen LogP contribution in [0.2, 0.25) is 10.0 Å². The number of amides is 1. The number of thiazole rings is 1. The van der Waals surface area contributed by atoms with Gasteiger partial charge in [0.25, 0.3) is 5.91 Å². The first-order valence-electron chi connectivity index (χ1n) is 10.6. The van der Waals surface area contributed by atoms with Crippen LogP contribution in [0.4, 0.5) is 9.52 Å². The van der Waals surface area contributed by atoms with Gasteiger partial charge in [0.1, 0.15) is 12.4 Å². The SMILES string of the molecule is CC(=Cc1c(Cl)cc(C(=O)Nc2nc(-c3cccc(C#CCOC(C)C)c3F)cs2)cc1Cl)C(=O)O. The highest BCUT2D eigenvalue weighted by Gasteiger charge is 2.16. The van der Waals surface area contributed by atoms with Gasteiger partial charge in [-0.05, 0) is 51.1 Å². The average Bonchev–Trinajstić information content (AvgIpc) is 3.27. The van der Waals surface area contributed by atoms with Gasteiger partial charge < -0.3 is 9.84 Å². The van der Waals surface area contributed by atoms with E-state index in [1.54, 1.807) is 23.6 Å². The summed E-state index contributed by atoms with van der Waals surface area (Å²) in [5.74, 6) is 3.39. The summed E-state index contributed by atoms with van der Waals surface area (Å²) in [6, 6.07) is 7.58. The molecule has 0 fully saturated rings. The average molecular weight is 547 g/mol. The van der Waals surface area contributed by atoms with Crippen molar-refractivity contribution < 1.29 is 23.8 Å². The van der Waals surface area contributed by atoms with E-state index in [9.17, 15) is 9.59 Å². The third kappa shape index (κ3) is 6.93. The second-order valence-corrected chi connectivity index (χ2v) is 9.48. The minimum absolute atomic E-state index is 0.0297. The van der Waals surface area contributed by atoms with Crippen molar-refractivity contribution >= 4 is 57.6 Å². The fourth-order valence-electron chi connectivity index (χ4n) is 2.92. The van der Waals surface area contributed by atoms with E-state index in [2.05, 4.69) is 22.1 Å². The van der Waals surface area contributed by atoms with Gasteiger partial charge in [0, 0.05) is 27.6 Å². The number of nitrogens with zero attached hydrogens (tertiary/aromatic N) is 1. The predicted octanol–water partition coefficient (Wildman–Crippen LogP) is 6.77. The second kappa shape index (κ2) is 12.2. The Labute approximate surface area is 221 Å². The molecule has 0 saturated heterocycles. The summed E-state index contributed by atoms with van der Waals surface area (Å²) in [7, 11) is 0. The summed E-state index contributed by atoms with van der Waals surface area (Å²) in [5, 5.41) is 13.8. The van der Waals surface area contributed by atoms with E-state index in [1.165, 1.54) is 25.1 Å². The standard InChI is InChI=1S/C26H21Cl2FN2O4S/c1-14(2)35-9-5-7-16-6-4-8-18(23(16)29)22-13-36-26(30-22)31-24(32)17-11-20(27)19(21(28)12-17)10-15(3)25(33)34/h4,6,8,10-14H,9H2,1-3H3,(H,33,34)(H,30,31,32). The molecule has 0 aliphatic rings. The Bertz CT molecular complexity index is 1380. The molecule has 2 N–H and O–H groups in total. The Kier molecular flexibility index (Phi) is 9.24. The second-order valence-electron chi connectivity index (χ2n) is 7.81. The lowest BCUT2D eigenvalue weighted by Gasteiger charge is -2.08. The van der Waals surface area contributed by atoms with Crippen LogP contribution in [0.15, 0.2) is 41.3 Å². The Morgan fingerprint density at radius 2 is 1.97 bits per heavy atom. The van der Waals surface area contributed by atoms with Gasteiger partial charge in [-0.25, -0.2) is 14.2 Å². The molecule has 0 aliphatic heterocycles. The van der Waals surface area contributed by atoms with Gasteiger partial charge in [-0.3, -0.25) is 10.1 Å². The Morgan fingerprint density at radius 1 is 1.28 bits per heavy atom. The van der Waals surface area contributed by atoms with Crippen LogP contribution in [0.5, 0.6) is 0 Å². The largest absolute Gasteiger partial charge is 0.478 e. The van der Waals surface area contributed by atoms with Crippen molar-refractivity contribution in [1.82, 2.24) is 4.98 Å². The number of carboxylic acid groups (broad SMARTS) is 1. The van der Waals surface area contributed by atoms with Crippen molar-refractivity contribution in [3.8, 4) is 23.1 Å². The molecule has 0 radical (unpaired) electrons. The Hall–Kier alpha value is -3.22. The van der Waals surface area contributed by atoms with E-state index in [4.69, 9.17) is 33.0 Å². The summed E-state index contributed by atoms with van der Waals surface area (Å²) >= 11 is 13.6. The molecule has 1 aromatic heterocycles. The first-order chi connectivity index (χ1) is 17.1. The van der Waals surface area contributed by atoms with Crippen molar-refractivity contribution in [3.05, 3.63) is 73.8 Å². The van der Waals surface area contributed by atoms with Crippen molar-refractivity contribution in [3.63, 3.8) is 0 Å². The number of carboxylic acids is 1. The van der Waals surface area contributed by atoms with Crippen molar-refractivity contribution in [2.75, 3.05) is 11.9 Å². The Balaban J connectivity index is 1.78. The van der Waals surface area contributed by atoms with Gasteiger partial charge in [0.15, 0.2) is 5.13 Å². The normalized spacial score (nSPS) is 11.2. The van der Waals surface area contributed by atoms with Crippen molar-refractivity contribution in [2.45, 2.75) is 26.9 Å². The van der Waals surface area contributed by atoms with Crippen LogP contribution in [-0.4, -0.2) is 34.7 Å². The zero-order valence-corrected chi connectivity index (χ0v) is 21.8. The van der Waals surface area contributed by atoms with Crippen LogP contribution >= 0.6 is 34.5 Å². The van der Waals surface area contributed by atoms with Gasteiger partial charge in [0.2, 0.25) is 0 Å². The number of carbonyl (C=O) groups excluding carboxylic acids is 1. The molecular weight excluding hydrogens is 526 g/mol. The number of rotatable bonds is 7. The van der Waals surface area contributed by atoms with E-state index in [1.807, 2.05) is 13.8 Å². The van der Waals surface area contributed by atoms with Crippen LogP contribution < -0.4 is 5.32 Å². The van der Waals surface area contributed by atoms with E-state index < -0.39 is 17.7 Å². The first kappa shape index (κ1) is 27.4. The van der Waals surface area contributed by atoms with Crippen LogP contribution in [0, 0.1) is 17.7 Å². The third-order valence-electron chi connectivity index (χ3n) is 4.75. The zero-order chi connectivity index (χ0) is 26.4. The number of halogens is 3. The zero-order valence-electron chi connectivity index (χ0n) is 19.5. The molecule has 186 valence electrons. The number of hydrogen-bond donors (Lipinski definition) is 2. The van der Waals surface area contributed by atoms with Crippen LogP contribution in [-0.2, 0) is 9.53 Å². The number of aliphatic carboxylic acids is 1. The molecule has 0 bridgehead atoms. The molecule has 6 nitrogen and oxygen atoms in total. The topological polar surface area (TPSA) is 88.5 Å². The van der Waals surface area contributed by atoms with E-state index in [-0.39, 0.29) is 50.2 Å². The van der Waals surface area contributed by atoms with Crippen molar-refractivity contribution in [2.24, 2.45) is 0 Å². The summed E-state index contributed by atoms with van der Waals surface area (Å²) in [4.78, 5) is 28.1. The van der Waals surface area contributed by atoms with Gasteiger partial charge in [-0.2, -0.15) is 0 Å². The molecule has 3 rings (SSSR count). The van der Waals surface area contributed by atoms with Gasteiger partial charge in [-0.15, -0.1) is 11.3 Å². The highest BCUT2D eigenvalue weighted by atomic mass is 35.5. The smallest absolute Gasteiger partial charge is 0.331 e. The van der Waals surface area contributed by atoms with E-state index in [0.29, 0.717) is 11.3 Å². The number of ether oxygens (including phenoxy) is 1. The molecule has 36 heavy (non-hydrogen) atoms. The summed E-state index contributed by atoms with van der Waals surface area (Å²) in [6.07, 6.45) is 1.36. The maximum Gasteiger partial charge on any atom is 0.331 e. The Morgan fingerprint density at radius 3 is 2.61 bits per heavy atom. The lowest BCUT2D eigenvalue weighted by Crippen LogP contribution is -2.12. The molecule has 2 aromatic carbocycles. The number of benzene rings is 2. The predicted molar refractivity (Wildman–Crippen MR) is 141 cm³/mol. The van der Waals surface area contributed by atoms with Crippen LogP contribution in [0.3, 0.4) is 0 Å². The highest BCUT2D eigenvalue weighted by molar-refractivity contribution is 7.14. The van der Waals surface area contributed by atoms with Crippen molar-refractivity contribution in [1.29, 1.82) is 0 Å². The molecule has 1 amide bonds. The fraction of sp³-hybridized carbons (Fsp3) is 0.192. The minimum Gasteiger partial charge on any atom is -0.478 e. The first-order valence-corrected chi connectivity index (χ1v) is 12.3. The molecule has 1 heterocycles. The number of aromatic nitrogens is 1. The summed E-state index contributed by atoms with van der Waals surface area (Å²) < 4.78 is 20.4. The molecule has 0 saturated carbocycles. The van der Waals surface area contributed by atoms with E-state index in [0.717, 1.165) is 11.3 Å². The lowest BCUT2D eigenvalue weighted by molar-refractivity contribution is -0.132. The number of hydrogen-bond acceptors (Lipinski definition) is 5. The summed E-state index contributed by atoms with van der Waals surface area (Å²) in [6.45, 7) is 5.38. The van der Waals surface area contributed by atoms with Gasteiger partial charge in [-0.1, -0.05) is 41.1 Å². The molecule has 10 heteroatoms. The lowest BCUT2D eigenvalue weighted by atomic mass is 10.1. The van der Waals surface area contributed by atoms with E-state index >= 15 is 4.39 Å². The molecule has 0 atom stereocenters. The monoisotopic (exact) mass is 546 g/mol. The number of nitrogens with one attached hydrogen (secondary N) is 1. The van der Waals surface area contributed by atoms with Crippen LogP contribution in [0.1, 0.15) is 42.3 Å². The molecule has 0 aliphatic carbocycles. The molecule has 3 aromatic rings. The maximum absolute atomic E-state index is 15.0. The van der Waals surface area contributed by atoms with Gasteiger partial charge >= 0.3 is 5.97 Å². The third-order valence-corrected chi connectivity index (χ3v) is 6.13. The molecule has 0 unspecified atom stereocenters.